The number of nitrogens with two attached hydrogens (primary N) is 1. The third-order valence-electron chi connectivity index (χ3n) is 4.79. The van der Waals surface area contributed by atoms with E-state index in [1.165, 1.54) is 19.9 Å². The first-order chi connectivity index (χ1) is 15.7. The molecule has 0 aliphatic carbocycles. The highest BCUT2D eigenvalue weighted by Gasteiger charge is 2.22. The van der Waals surface area contributed by atoms with Gasteiger partial charge >= 0.3 is 5.97 Å². The van der Waals surface area contributed by atoms with Crippen molar-refractivity contribution >= 4 is 11.8 Å². The summed E-state index contributed by atoms with van der Waals surface area (Å²) in [6.45, 7) is 3.23. The Morgan fingerprint density at radius 1 is 1.06 bits per heavy atom. The van der Waals surface area contributed by atoms with Crippen molar-refractivity contribution in [3.63, 3.8) is 0 Å². The first kappa shape index (κ1) is 23.8. The van der Waals surface area contributed by atoms with E-state index in [4.69, 9.17) is 20.3 Å². The molecule has 3 N–H and O–H groups in total. The molecular formula is C24H22F2N2O5. The molecule has 0 bridgehead atoms. The summed E-state index contributed by atoms with van der Waals surface area (Å²) < 4.78 is 39.1. The normalized spacial score (nSPS) is 11.7. The van der Waals surface area contributed by atoms with Crippen LogP contribution in [0.2, 0.25) is 0 Å². The van der Waals surface area contributed by atoms with E-state index in [1.54, 1.807) is 12.1 Å². The second kappa shape index (κ2) is 10.2. The summed E-state index contributed by atoms with van der Waals surface area (Å²) in [4.78, 5) is 26.9. The number of hydrogen-bond acceptors (Lipinski definition) is 6. The minimum atomic E-state index is -1.37. The first-order valence-electron chi connectivity index (χ1n) is 10.1. The number of ether oxygens (including phenoxy) is 2. The Hall–Kier alpha value is -3.85. The predicted octanol–water partition coefficient (Wildman–Crippen LogP) is 4.72. The summed E-state index contributed by atoms with van der Waals surface area (Å²) >= 11 is 0. The number of pyridine rings is 1. The fourth-order valence-corrected chi connectivity index (χ4v) is 3.05. The number of Topliss-reactive ketones (excluding diaryl/α,β-unsaturated/α-hetero) is 1. The van der Waals surface area contributed by atoms with Crippen LogP contribution in [0, 0.1) is 11.6 Å². The Balaban J connectivity index is 2.01. The number of ketones is 1. The van der Waals surface area contributed by atoms with Gasteiger partial charge in [-0.05, 0) is 54.3 Å². The maximum Gasteiger partial charge on any atom is 0.344 e. The summed E-state index contributed by atoms with van der Waals surface area (Å²) in [5.41, 5.74) is 8.26. The van der Waals surface area contributed by atoms with Gasteiger partial charge in [0.2, 0.25) is 0 Å². The van der Waals surface area contributed by atoms with Gasteiger partial charge in [0, 0.05) is 18.2 Å². The van der Waals surface area contributed by atoms with Crippen molar-refractivity contribution in [3.05, 3.63) is 71.3 Å². The van der Waals surface area contributed by atoms with Crippen molar-refractivity contribution in [1.29, 1.82) is 0 Å². The van der Waals surface area contributed by atoms with Crippen LogP contribution in [-0.2, 0) is 11.3 Å². The molecule has 0 aliphatic heterocycles. The smallest absolute Gasteiger partial charge is 0.344 e. The van der Waals surface area contributed by atoms with Crippen LogP contribution in [-0.4, -0.2) is 27.9 Å². The zero-order valence-electron chi connectivity index (χ0n) is 18.0. The third-order valence-corrected chi connectivity index (χ3v) is 4.79. The number of aromatic nitrogens is 1. The number of hydrogen-bond donors (Lipinski definition) is 2. The van der Waals surface area contributed by atoms with Crippen molar-refractivity contribution in [3.8, 4) is 28.6 Å². The molecule has 2 aromatic carbocycles. The molecule has 1 aromatic heterocycles. The SMILES string of the molecule is CCC(Oc1nc(Oc2cc(C(C)=O)cc(-c3cccc(CN)c3)c2)c(F)cc1F)C(=O)O. The summed E-state index contributed by atoms with van der Waals surface area (Å²) in [6, 6.07) is 12.5. The minimum absolute atomic E-state index is 0.0376. The summed E-state index contributed by atoms with van der Waals surface area (Å²) in [7, 11) is 0. The van der Waals surface area contributed by atoms with Gasteiger partial charge in [-0.25, -0.2) is 13.6 Å². The number of nitrogens with zero attached hydrogens (tertiary/aromatic N) is 1. The standard InChI is InChI=1S/C24H22F2N2O5/c1-3-21(24(30)31)33-23-20(26)11-19(25)22(28-23)32-18-9-16(13(2)29)8-17(10-18)15-6-4-5-14(7-15)12-27/h4-11,21H,3,12,27H2,1-2H3,(H,30,31). The maximum atomic E-state index is 14.4. The molecule has 1 heterocycles. The lowest BCUT2D eigenvalue weighted by Crippen LogP contribution is -2.26. The monoisotopic (exact) mass is 456 g/mol. The van der Waals surface area contributed by atoms with Gasteiger partial charge in [0.25, 0.3) is 11.8 Å². The highest BCUT2D eigenvalue weighted by molar-refractivity contribution is 5.96. The van der Waals surface area contributed by atoms with E-state index in [1.807, 2.05) is 24.3 Å². The Bertz CT molecular complexity index is 1200. The molecule has 0 saturated heterocycles. The Kier molecular flexibility index (Phi) is 7.34. The molecule has 1 unspecified atom stereocenters. The van der Waals surface area contributed by atoms with E-state index in [0.717, 1.165) is 11.1 Å². The zero-order chi connectivity index (χ0) is 24.1. The maximum absolute atomic E-state index is 14.4. The number of benzene rings is 2. The fraction of sp³-hybridized carbons (Fsp3) is 0.208. The summed E-state index contributed by atoms with van der Waals surface area (Å²) in [5.74, 6) is -5.12. The lowest BCUT2D eigenvalue weighted by molar-refractivity contribution is -0.145. The topological polar surface area (TPSA) is 112 Å². The zero-order valence-corrected chi connectivity index (χ0v) is 18.0. The fourth-order valence-electron chi connectivity index (χ4n) is 3.05. The summed E-state index contributed by atoms with van der Waals surface area (Å²) in [6.07, 6.45) is -1.33. The van der Waals surface area contributed by atoms with Gasteiger partial charge in [-0.3, -0.25) is 4.79 Å². The van der Waals surface area contributed by atoms with E-state index in [-0.39, 0.29) is 18.0 Å². The van der Waals surface area contributed by atoms with Gasteiger partial charge in [0.05, 0.1) is 0 Å². The Morgan fingerprint density at radius 3 is 2.42 bits per heavy atom. The number of rotatable bonds is 9. The second-order valence-electron chi connectivity index (χ2n) is 7.22. The van der Waals surface area contributed by atoms with Crippen molar-refractivity contribution < 1.29 is 33.0 Å². The van der Waals surface area contributed by atoms with Crippen LogP contribution in [0.3, 0.4) is 0 Å². The molecule has 9 heteroatoms. The Labute approximate surface area is 188 Å². The molecule has 3 aromatic rings. The van der Waals surface area contributed by atoms with E-state index in [9.17, 15) is 18.4 Å². The van der Waals surface area contributed by atoms with Crippen molar-refractivity contribution in [1.82, 2.24) is 4.98 Å². The quantitative estimate of drug-likeness (QED) is 0.448. The summed E-state index contributed by atoms with van der Waals surface area (Å²) in [5, 5.41) is 9.12. The Morgan fingerprint density at radius 2 is 1.79 bits per heavy atom. The number of halogens is 2. The largest absolute Gasteiger partial charge is 0.479 e. The van der Waals surface area contributed by atoms with Crippen LogP contribution >= 0.6 is 0 Å². The van der Waals surface area contributed by atoms with Crippen LogP contribution in [0.15, 0.2) is 48.5 Å². The van der Waals surface area contributed by atoms with Crippen molar-refractivity contribution in [2.24, 2.45) is 5.73 Å². The number of carbonyl (C=O) groups is 2. The van der Waals surface area contributed by atoms with Crippen LogP contribution in [0.4, 0.5) is 8.78 Å². The first-order valence-corrected chi connectivity index (χ1v) is 10.1. The molecule has 0 radical (unpaired) electrons. The minimum Gasteiger partial charge on any atom is -0.479 e. The van der Waals surface area contributed by atoms with Crippen LogP contribution in [0.5, 0.6) is 17.5 Å². The van der Waals surface area contributed by atoms with E-state index < -0.39 is 35.5 Å². The van der Waals surface area contributed by atoms with Crippen LogP contribution < -0.4 is 15.2 Å². The number of carbonyl (C=O) groups excluding carboxylic acids is 1. The molecule has 0 spiro atoms. The van der Waals surface area contributed by atoms with E-state index in [2.05, 4.69) is 4.98 Å². The molecule has 0 saturated carbocycles. The van der Waals surface area contributed by atoms with Crippen molar-refractivity contribution in [2.75, 3.05) is 0 Å². The van der Waals surface area contributed by atoms with Gasteiger partial charge in [0.1, 0.15) is 5.75 Å². The molecule has 3 rings (SSSR count). The van der Waals surface area contributed by atoms with Gasteiger partial charge in [-0.15, -0.1) is 0 Å². The third kappa shape index (κ3) is 5.69. The van der Waals surface area contributed by atoms with Gasteiger partial charge in [-0.2, -0.15) is 4.98 Å². The van der Waals surface area contributed by atoms with Gasteiger partial charge in [0.15, 0.2) is 23.5 Å². The number of carboxylic acids is 1. The second-order valence-corrected chi connectivity index (χ2v) is 7.22. The van der Waals surface area contributed by atoms with E-state index in [0.29, 0.717) is 23.7 Å². The lowest BCUT2D eigenvalue weighted by Gasteiger charge is -2.15. The molecule has 0 aliphatic rings. The number of aliphatic carboxylic acids is 1. The van der Waals surface area contributed by atoms with Crippen LogP contribution in [0.1, 0.15) is 36.2 Å². The van der Waals surface area contributed by atoms with Gasteiger partial charge < -0.3 is 20.3 Å². The number of carboxylic acid groups (broad SMARTS) is 1. The van der Waals surface area contributed by atoms with E-state index >= 15 is 0 Å². The molecule has 33 heavy (non-hydrogen) atoms. The molecular weight excluding hydrogens is 434 g/mol. The highest BCUT2D eigenvalue weighted by atomic mass is 19.1. The predicted molar refractivity (Wildman–Crippen MR) is 116 cm³/mol. The molecule has 172 valence electrons. The van der Waals surface area contributed by atoms with Gasteiger partial charge in [-0.1, -0.05) is 25.1 Å². The molecule has 0 fully saturated rings. The lowest BCUT2D eigenvalue weighted by atomic mass is 9.99. The average molecular weight is 456 g/mol. The molecule has 7 nitrogen and oxygen atoms in total. The highest BCUT2D eigenvalue weighted by Crippen LogP contribution is 2.32. The van der Waals surface area contributed by atoms with Crippen LogP contribution in [0.25, 0.3) is 11.1 Å². The molecule has 1 atom stereocenters. The molecule has 0 amide bonds. The average Bonchev–Trinajstić information content (AvgIpc) is 2.79. The van der Waals surface area contributed by atoms with Crippen molar-refractivity contribution in [2.45, 2.75) is 32.9 Å².